The van der Waals surface area contributed by atoms with Crippen LogP contribution >= 0.6 is 0 Å². The number of nitriles is 1. The summed E-state index contributed by atoms with van der Waals surface area (Å²) in [5.74, 6) is -4.07. The lowest BCUT2D eigenvalue weighted by Crippen LogP contribution is -2.10. The van der Waals surface area contributed by atoms with E-state index in [4.69, 9.17) is 10.00 Å². The van der Waals surface area contributed by atoms with Crippen LogP contribution in [0.25, 0.3) is 11.1 Å². The highest BCUT2D eigenvalue weighted by atomic mass is 19.2. The van der Waals surface area contributed by atoms with Crippen LogP contribution in [-0.2, 0) is 6.42 Å². The summed E-state index contributed by atoms with van der Waals surface area (Å²) < 4.78 is 32.5. The summed E-state index contributed by atoms with van der Waals surface area (Å²) in [5, 5.41) is 8.69. The van der Waals surface area contributed by atoms with Crippen molar-refractivity contribution in [2.45, 2.75) is 19.8 Å². The van der Waals surface area contributed by atoms with Gasteiger partial charge in [-0.15, -0.1) is 0 Å². The number of rotatable bonds is 5. The van der Waals surface area contributed by atoms with E-state index in [9.17, 15) is 13.6 Å². The zero-order chi connectivity index (χ0) is 20.1. The van der Waals surface area contributed by atoms with E-state index in [0.717, 1.165) is 36.1 Å². The molecule has 0 fully saturated rings. The summed E-state index contributed by atoms with van der Waals surface area (Å²) in [6, 6.07) is 18.5. The molecule has 0 N–H and O–H groups in total. The van der Waals surface area contributed by atoms with Crippen LogP contribution in [0, 0.1) is 23.0 Å². The molecule has 28 heavy (non-hydrogen) atoms. The van der Waals surface area contributed by atoms with Crippen molar-refractivity contribution in [2.24, 2.45) is 0 Å². The second-order valence-corrected chi connectivity index (χ2v) is 6.26. The largest absolute Gasteiger partial charge is 0.420 e. The van der Waals surface area contributed by atoms with Crippen molar-refractivity contribution in [3.05, 3.63) is 89.0 Å². The number of ether oxygens (including phenoxy) is 1. The summed E-state index contributed by atoms with van der Waals surface area (Å²) in [4.78, 5) is 12.2. The lowest BCUT2D eigenvalue weighted by atomic mass is 10.0. The highest BCUT2D eigenvalue weighted by molar-refractivity contribution is 5.91. The van der Waals surface area contributed by atoms with E-state index in [2.05, 4.69) is 19.1 Å². The van der Waals surface area contributed by atoms with Gasteiger partial charge in [0.1, 0.15) is 6.07 Å². The number of carbonyl (C=O) groups excluding carboxylic acids is 1. The second kappa shape index (κ2) is 8.45. The topological polar surface area (TPSA) is 50.1 Å². The van der Waals surface area contributed by atoms with Gasteiger partial charge in [-0.1, -0.05) is 49.7 Å². The molecule has 140 valence electrons. The first-order valence-electron chi connectivity index (χ1n) is 8.83. The number of benzene rings is 3. The van der Waals surface area contributed by atoms with E-state index in [1.165, 1.54) is 11.6 Å². The van der Waals surface area contributed by atoms with Gasteiger partial charge in [-0.25, -0.2) is 9.18 Å². The highest BCUT2D eigenvalue weighted by Gasteiger charge is 2.18. The van der Waals surface area contributed by atoms with E-state index >= 15 is 0 Å². The maximum Gasteiger partial charge on any atom is 0.343 e. The molecular weight excluding hydrogens is 360 g/mol. The molecule has 0 unspecified atom stereocenters. The number of esters is 1. The molecule has 3 aromatic rings. The molecule has 5 heteroatoms. The SMILES string of the molecule is CCCc1ccc(-c2ccc(C(=O)Oc3ccc(C#N)c(F)c3F)cc2)cc1. The van der Waals surface area contributed by atoms with Gasteiger partial charge < -0.3 is 4.74 Å². The molecule has 0 aliphatic heterocycles. The standard InChI is InChI=1S/C23H17F2NO2/c1-2-3-15-4-6-16(7-5-15)17-8-10-18(11-9-17)23(27)28-20-13-12-19(14-26)21(24)22(20)25/h4-13H,2-3H2,1H3. The number of hydrogen-bond donors (Lipinski definition) is 0. The average Bonchev–Trinajstić information content (AvgIpc) is 2.72. The Morgan fingerprint density at radius 3 is 2.11 bits per heavy atom. The fourth-order valence-corrected chi connectivity index (χ4v) is 2.81. The van der Waals surface area contributed by atoms with Gasteiger partial charge in [0.15, 0.2) is 11.6 Å². The van der Waals surface area contributed by atoms with Crippen molar-refractivity contribution in [1.82, 2.24) is 0 Å². The number of nitrogens with zero attached hydrogens (tertiary/aromatic N) is 1. The van der Waals surface area contributed by atoms with E-state index < -0.39 is 28.9 Å². The third-order valence-corrected chi connectivity index (χ3v) is 4.32. The van der Waals surface area contributed by atoms with Crippen molar-refractivity contribution < 1.29 is 18.3 Å². The first kappa shape index (κ1) is 19.2. The van der Waals surface area contributed by atoms with Crippen molar-refractivity contribution in [1.29, 1.82) is 5.26 Å². The molecular formula is C23H17F2NO2. The van der Waals surface area contributed by atoms with Crippen LogP contribution in [0.3, 0.4) is 0 Å². The fraction of sp³-hybridized carbons (Fsp3) is 0.130. The quantitative estimate of drug-likeness (QED) is 0.425. The van der Waals surface area contributed by atoms with E-state index in [1.54, 1.807) is 24.3 Å². The first-order valence-corrected chi connectivity index (χ1v) is 8.83. The molecule has 0 heterocycles. The van der Waals surface area contributed by atoms with Crippen molar-refractivity contribution >= 4 is 5.97 Å². The maximum atomic E-state index is 13.9. The molecule has 3 nitrogen and oxygen atoms in total. The smallest absolute Gasteiger partial charge is 0.343 e. The van der Waals surface area contributed by atoms with Crippen molar-refractivity contribution in [3.63, 3.8) is 0 Å². The highest BCUT2D eigenvalue weighted by Crippen LogP contribution is 2.24. The second-order valence-electron chi connectivity index (χ2n) is 6.26. The lowest BCUT2D eigenvalue weighted by Gasteiger charge is -2.08. The van der Waals surface area contributed by atoms with Crippen LogP contribution < -0.4 is 4.74 Å². The summed E-state index contributed by atoms with van der Waals surface area (Å²) in [5.41, 5.74) is 2.96. The summed E-state index contributed by atoms with van der Waals surface area (Å²) in [6.07, 6.45) is 2.11. The molecule has 0 saturated heterocycles. The van der Waals surface area contributed by atoms with E-state index in [-0.39, 0.29) is 5.56 Å². The Hall–Kier alpha value is -3.52. The number of aryl methyl sites for hydroxylation is 1. The molecule has 0 aliphatic carbocycles. The Kier molecular flexibility index (Phi) is 5.81. The monoisotopic (exact) mass is 377 g/mol. The van der Waals surface area contributed by atoms with Crippen LogP contribution in [0.4, 0.5) is 8.78 Å². The van der Waals surface area contributed by atoms with Gasteiger partial charge >= 0.3 is 5.97 Å². The number of hydrogen-bond acceptors (Lipinski definition) is 3. The minimum absolute atomic E-state index is 0.204. The Bertz CT molecular complexity index is 1040. The van der Waals surface area contributed by atoms with E-state index in [1.807, 2.05) is 12.1 Å². The molecule has 0 atom stereocenters. The third-order valence-electron chi connectivity index (χ3n) is 4.32. The molecule has 0 amide bonds. The summed E-state index contributed by atoms with van der Waals surface area (Å²) >= 11 is 0. The van der Waals surface area contributed by atoms with Crippen molar-refractivity contribution in [2.75, 3.05) is 0 Å². The molecule has 3 rings (SSSR count). The van der Waals surface area contributed by atoms with Gasteiger partial charge in [0.2, 0.25) is 5.82 Å². The number of halogens is 2. The van der Waals surface area contributed by atoms with Gasteiger partial charge in [-0.05, 0) is 47.4 Å². The van der Waals surface area contributed by atoms with Crippen LogP contribution in [0.1, 0.15) is 34.8 Å². The first-order chi connectivity index (χ1) is 13.5. The normalized spacial score (nSPS) is 10.4. The molecule has 0 aliphatic rings. The predicted molar refractivity (Wildman–Crippen MR) is 102 cm³/mol. The summed E-state index contributed by atoms with van der Waals surface area (Å²) in [7, 11) is 0. The minimum atomic E-state index is -1.36. The van der Waals surface area contributed by atoms with Crippen LogP contribution in [-0.4, -0.2) is 5.97 Å². The van der Waals surface area contributed by atoms with Gasteiger partial charge in [-0.2, -0.15) is 9.65 Å². The molecule has 0 bridgehead atoms. The molecule has 3 aromatic carbocycles. The molecule has 0 radical (unpaired) electrons. The Labute approximate surface area is 161 Å². The zero-order valence-electron chi connectivity index (χ0n) is 15.2. The Morgan fingerprint density at radius 2 is 1.54 bits per heavy atom. The van der Waals surface area contributed by atoms with Gasteiger partial charge in [0.05, 0.1) is 11.1 Å². The maximum absolute atomic E-state index is 13.9. The van der Waals surface area contributed by atoms with Crippen LogP contribution in [0.15, 0.2) is 60.7 Å². The summed E-state index contributed by atoms with van der Waals surface area (Å²) in [6.45, 7) is 2.13. The van der Waals surface area contributed by atoms with Crippen LogP contribution in [0.5, 0.6) is 5.75 Å². The van der Waals surface area contributed by atoms with Crippen LogP contribution in [0.2, 0.25) is 0 Å². The molecule has 0 spiro atoms. The minimum Gasteiger partial charge on any atom is -0.420 e. The van der Waals surface area contributed by atoms with Crippen molar-refractivity contribution in [3.8, 4) is 22.9 Å². The zero-order valence-corrected chi connectivity index (χ0v) is 15.2. The van der Waals surface area contributed by atoms with Gasteiger partial charge in [0, 0.05) is 0 Å². The van der Waals surface area contributed by atoms with Gasteiger partial charge in [-0.3, -0.25) is 0 Å². The number of carbonyl (C=O) groups is 1. The fourth-order valence-electron chi connectivity index (χ4n) is 2.81. The predicted octanol–water partition coefficient (Wildman–Crippen LogP) is 5.68. The molecule has 0 aromatic heterocycles. The molecule has 0 saturated carbocycles. The van der Waals surface area contributed by atoms with E-state index in [0.29, 0.717) is 0 Å². The van der Waals surface area contributed by atoms with Gasteiger partial charge in [0.25, 0.3) is 0 Å². The Balaban J connectivity index is 1.75. The lowest BCUT2D eigenvalue weighted by molar-refractivity contribution is 0.0726. The Morgan fingerprint density at radius 1 is 0.929 bits per heavy atom. The average molecular weight is 377 g/mol. The third kappa shape index (κ3) is 4.07.